The van der Waals surface area contributed by atoms with Crippen molar-refractivity contribution >= 4 is 16.5 Å². The maximum absolute atomic E-state index is 5.00. The van der Waals surface area contributed by atoms with Gasteiger partial charge < -0.3 is 10.2 Å². The van der Waals surface area contributed by atoms with E-state index in [4.69, 9.17) is 4.98 Å². The summed E-state index contributed by atoms with van der Waals surface area (Å²) >= 11 is 1.79. The molecule has 0 spiro atoms. The summed E-state index contributed by atoms with van der Waals surface area (Å²) in [6.07, 6.45) is 6.72. The van der Waals surface area contributed by atoms with E-state index in [2.05, 4.69) is 53.7 Å². The van der Waals surface area contributed by atoms with Crippen molar-refractivity contribution in [2.45, 2.75) is 57.9 Å². The van der Waals surface area contributed by atoms with E-state index in [1.165, 1.54) is 48.4 Å². The monoisotopic (exact) mass is 357 g/mol. The second kappa shape index (κ2) is 8.81. The van der Waals surface area contributed by atoms with E-state index in [-0.39, 0.29) is 0 Å². The number of nitrogens with one attached hydrogen (secondary N) is 1. The van der Waals surface area contributed by atoms with E-state index < -0.39 is 0 Å². The molecule has 1 fully saturated rings. The Morgan fingerprint density at radius 2 is 1.88 bits per heavy atom. The first kappa shape index (κ1) is 18.4. The summed E-state index contributed by atoms with van der Waals surface area (Å²) in [6, 6.07) is 9.56. The second-order valence-electron chi connectivity index (χ2n) is 7.38. The average molecular weight is 358 g/mol. The zero-order valence-electron chi connectivity index (χ0n) is 15.8. The molecule has 0 saturated heterocycles. The fourth-order valence-electron chi connectivity index (χ4n) is 3.63. The van der Waals surface area contributed by atoms with Crippen LogP contribution in [0.4, 0.5) is 5.13 Å². The first-order valence-electron chi connectivity index (χ1n) is 9.66. The molecule has 0 aliphatic heterocycles. The van der Waals surface area contributed by atoms with Crippen molar-refractivity contribution in [1.82, 2.24) is 10.3 Å². The molecular formula is C21H31N3S. The number of likely N-dealkylation sites (N-methyl/N-ethyl adjacent to an activating group) is 1. The summed E-state index contributed by atoms with van der Waals surface area (Å²) in [4.78, 5) is 7.55. The molecule has 2 aromatic rings. The lowest BCUT2D eigenvalue weighted by molar-refractivity contribution is 0.413. The SMILES string of the molecule is CNCCN(c1nc(-c2ccc(C(C)C)cc2)cs1)C1CCCCC1. The maximum atomic E-state index is 5.00. The Labute approximate surface area is 156 Å². The van der Waals surface area contributed by atoms with Crippen LogP contribution in [0.3, 0.4) is 0 Å². The van der Waals surface area contributed by atoms with Gasteiger partial charge in [0.1, 0.15) is 0 Å². The fraction of sp³-hybridized carbons (Fsp3) is 0.571. The van der Waals surface area contributed by atoms with Gasteiger partial charge in [0.25, 0.3) is 0 Å². The standard InChI is InChI=1S/C21H31N3S/c1-16(2)17-9-11-18(12-10-17)20-15-25-21(23-20)24(14-13-22-3)19-7-5-4-6-8-19/h9-12,15-16,19,22H,4-8,13-14H2,1-3H3. The number of aromatic nitrogens is 1. The Morgan fingerprint density at radius 1 is 1.16 bits per heavy atom. The van der Waals surface area contributed by atoms with Crippen LogP contribution in [0.25, 0.3) is 11.3 Å². The van der Waals surface area contributed by atoms with E-state index in [0.29, 0.717) is 12.0 Å². The Morgan fingerprint density at radius 3 is 2.52 bits per heavy atom. The van der Waals surface area contributed by atoms with Gasteiger partial charge in [-0.15, -0.1) is 11.3 Å². The van der Waals surface area contributed by atoms with Crippen LogP contribution in [0.1, 0.15) is 57.4 Å². The first-order chi connectivity index (χ1) is 12.2. The van der Waals surface area contributed by atoms with Crippen LogP contribution < -0.4 is 10.2 Å². The molecule has 3 rings (SSSR count). The molecule has 1 heterocycles. The van der Waals surface area contributed by atoms with Gasteiger partial charge in [0.15, 0.2) is 5.13 Å². The van der Waals surface area contributed by atoms with Gasteiger partial charge in [-0.25, -0.2) is 4.98 Å². The number of nitrogens with zero attached hydrogens (tertiary/aromatic N) is 2. The molecule has 0 amide bonds. The van der Waals surface area contributed by atoms with Gasteiger partial charge in [0, 0.05) is 30.1 Å². The van der Waals surface area contributed by atoms with Crippen LogP contribution in [0.15, 0.2) is 29.6 Å². The van der Waals surface area contributed by atoms with E-state index in [1.807, 2.05) is 7.05 Å². The molecule has 25 heavy (non-hydrogen) atoms. The zero-order valence-corrected chi connectivity index (χ0v) is 16.6. The summed E-state index contributed by atoms with van der Waals surface area (Å²) in [7, 11) is 2.03. The Bertz CT molecular complexity index is 641. The van der Waals surface area contributed by atoms with Crippen LogP contribution in [0.2, 0.25) is 0 Å². The van der Waals surface area contributed by atoms with E-state index in [9.17, 15) is 0 Å². The van der Waals surface area contributed by atoms with Crippen LogP contribution in [-0.2, 0) is 0 Å². The van der Waals surface area contributed by atoms with Gasteiger partial charge in [-0.3, -0.25) is 0 Å². The molecule has 1 saturated carbocycles. The molecule has 3 nitrogen and oxygen atoms in total. The van der Waals surface area contributed by atoms with Crippen molar-refractivity contribution in [3.05, 3.63) is 35.2 Å². The molecule has 1 aromatic heterocycles. The minimum atomic E-state index is 0.573. The molecule has 0 atom stereocenters. The van der Waals surface area contributed by atoms with Crippen molar-refractivity contribution in [2.24, 2.45) is 0 Å². The normalized spacial score (nSPS) is 15.7. The molecule has 0 radical (unpaired) electrons. The minimum absolute atomic E-state index is 0.573. The predicted octanol–water partition coefficient (Wildman–Crippen LogP) is 5.29. The molecular weight excluding hydrogens is 326 g/mol. The van der Waals surface area contributed by atoms with Gasteiger partial charge >= 0.3 is 0 Å². The molecule has 1 aliphatic rings. The van der Waals surface area contributed by atoms with Crippen molar-refractivity contribution in [3.63, 3.8) is 0 Å². The average Bonchev–Trinajstić information content (AvgIpc) is 3.13. The lowest BCUT2D eigenvalue weighted by atomic mass is 9.94. The molecule has 1 aromatic carbocycles. The highest BCUT2D eigenvalue weighted by molar-refractivity contribution is 7.14. The summed E-state index contributed by atoms with van der Waals surface area (Å²) in [5.74, 6) is 0.573. The quantitative estimate of drug-likeness (QED) is 0.729. The topological polar surface area (TPSA) is 28.2 Å². The van der Waals surface area contributed by atoms with Crippen LogP contribution in [-0.4, -0.2) is 31.2 Å². The van der Waals surface area contributed by atoms with E-state index in [0.717, 1.165) is 18.8 Å². The van der Waals surface area contributed by atoms with Gasteiger partial charge in [-0.1, -0.05) is 57.4 Å². The third kappa shape index (κ3) is 4.62. The van der Waals surface area contributed by atoms with Crippen LogP contribution in [0, 0.1) is 0 Å². The minimum Gasteiger partial charge on any atom is -0.344 e. The van der Waals surface area contributed by atoms with Crippen LogP contribution >= 0.6 is 11.3 Å². The molecule has 0 bridgehead atoms. The first-order valence-corrected chi connectivity index (χ1v) is 10.5. The molecule has 1 aliphatic carbocycles. The lowest BCUT2D eigenvalue weighted by Gasteiger charge is -2.34. The molecule has 136 valence electrons. The van der Waals surface area contributed by atoms with Crippen molar-refractivity contribution in [1.29, 1.82) is 0 Å². The third-order valence-corrected chi connectivity index (χ3v) is 6.11. The number of benzene rings is 1. The summed E-state index contributed by atoms with van der Waals surface area (Å²) in [5.41, 5.74) is 3.72. The number of thiazole rings is 1. The highest BCUT2D eigenvalue weighted by Gasteiger charge is 2.23. The van der Waals surface area contributed by atoms with Gasteiger partial charge in [0.05, 0.1) is 5.69 Å². The second-order valence-corrected chi connectivity index (χ2v) is 8.22. The predicted molar refractivity (Wildman–Crippen MR) is 110 cm³/mol. The zero-order chi connectivity index (χ0) is 17.6. The summed E-state index contributed by atoms with van der Waals surface area (Å²) in [5, 5.41) is 6.70. The number of anilines is 1. The van der Waals surface area contributed by atoms with Crippen molar-refractivity contribution < 1.29 is 0 Å². The van der Waals surface area contributed by atoms with Gasteiger partial charge in [-0.2, -0.15) is 0 Å². The smallest absolute Gasteiger partial charge is 0.186 e. The lowest BCUT2D eigenvalue weighted by Crippen LogP contribution is -2.40. The molecule has 0 unspecified atom stereocenters. The van der Waals surface area contributed by atoms with Gasteiger partial charge in [0.2, 0.25) is 0 Å². The van der Waals surface area contributed by atoms with E-state index in [1.54, 1.807) is 11.3 Å². The van der Waals surface area contributed by atoms with Crippen molar-refractivity contribution in [2.75, 3.05) is 25.0 Å². The maximum Gasteiger partial charge on any atom is 0.186 e. The summed E-state index contributed by atoms with van der Waals surface area (Å²) < 4.78 is 0. The number of hydrogen-bond acceptors (Lipinski definition) is 4. The fourth-order valence-corrected chi connectivity index (χ4v) is 4.56. The molecule has 4 heteroatoms. The van der Waals surface area contributed by atoms with Crippen molar-refractivity contribution in [3.8, 4) is 11.3 Å². The Kier molecular flexibility index (Phi) is 6.49. The van der Waals surface area contributed by atoms with E-state index >= 15 is 0 Å². The Balaban J connectivity index is 1.78. The van der Waals surface area contributed by atoms with Gasteiger partial charge in [-0.05, 0) is 31.4 Å². The molecule has 1 N–H and O–H groups in total. The third-order valence-electron chi connectivity index (χ3n) is 5.23. The highest BCUT2D eigenvalue weighted by Crippen LogP contribution is 2.32. The van der Waals surface area contributed by atoms with Crippen LogP contribution in [0.5, 0.6) is 0 Å². The Hall–Kier alpha value is -1.39. The number of rotatable bonds is 7. The number of hydrogen-bond donors (Lipinski definition) is 1. The largest absolute Gasteiger partial charge is 0.344 e. The highest BCUT2D eigenvalue weighted by atomic mass is 32.1. The summed E-state index contributed by atoms with van der Waals surface area (Å²) in [6.45, 7) is 6.52.